The lowest BCUT2D eigenvalue weighted by Gasteiger charge is -2.47. The molecule has 0 saturated carbocycles. The van der Waals surface area contributed by atoms with Gasteiger partial charge in [-0.2, -0.15) is 0 Å². The van der Waals surface area contributed by atoms with Gasteiger partial charge in [0.2, 0.25) is 0 Å². The number of piperidine rings is 4. The molecule has 0 aliphatic carbocycles. The van der Waals surface area contributed by atoms with Crippen LogP contribution in [-0.2, 0) is 38.1 Å². The van der Waals surface area contributed by atoms with Crippen LogP contribution >= 0.6 is 0 Å². The number of carbonyl (C=O) groups is 4. The third-order valence-corrected chi connectivity index (χ3v) is 11.6. The Morgan fingerprint density at radius 3 is 0.750 bits per heavy atom. The van der Waals surface area contributed by atoms with E-state index in [1.807, 2.05) is 0 Å². The molecule has 2 unspecified atom stereocenters. The second kappa shape index (κ2) is 16.1. The van der Waals surface area contributed by atoms with Crippen LogP contribution < -0.4 is 21.3 Å². The molecule has 0 aromatic rings. The van der Waals surface area contributed by atoms with E-state index in [-0.39, 0.29) is 44.3 Å². The monoisotopic (exact) mass is 791 g/mol. The topological polar surface area (TPSA) is 153 Å². The van der Waals surface area contributed by atoms with Gasteiger partial charge in [0, 0.05) is 95.7 Å². The van der Waals surface area contributed by atoms with Crippen LogP contribution in [0.15, 0.2) is 0 Å². The summed E-state index contributed by atoms with van der Waals surface area (Å²) in [6, 6.07) is 0. The first-order valence-corrected chi connectivity index (χ1v) is 21.1. The number of esters is 4. The van der Waals surface area contributed by atoms with Crippen LogP contribution in [0.3, 0.4) is 0 Å². The van der Waals surface area contributed by atoms with Gasteiger partial charge in [-0.25, -0.2) is 0 Å². The van der Waals surface area contributed by atoms with Gasteiger partial charge < -0.3 is 40.2 Å². The van der Waals surface area contributed by atoms with E-state index >= 15 is 0 Å². The van der Waals surface area contributed by atoms with Crippen molar-refractivity contribution >= 4 is 23.9 Å². The Kier molecular flexibility index (Phi) is 13.3. The minimum atomic E-state index is -1.34. The Balaban J connectivity index is 1.68. The highest BCUT2D eigenvalue weighted by Gasteiger charge is 2.48. The normalized spacial score (nSPS) is 27.9. The van der Waals surface area contributed by atoms with Gasteiger partial charge in [-0.05, 0) is 111 Å². The van der Waals surface area contributed by atoms with E-state index in [4.69, 9.17) is 18.9 Å². The van der Waals surface area contributed by atoms with Crippen molar-refractivity contribution in [1.82, 2.24) is 21.3 Å². The highest BCUT2D eigenvalue weighted by molar-refractivity contribution is 5.88. The first kappa shape index (κ1) is 46.4. The minimum absolute atomic E-state index is 0.288. The van der Waals surface area contributed by atoms with Crippen molar-refractivity contribution in [3.63, 3.8) is 0 Å². The van der Waals surface area contributed by atoms with Gasteiger partial charge in [0.1, 0.15) is 24.4 Å². The molecule has 0 aromatic heterocycles. The Bertz CT molecular complexity index is 1290. The van der Waals surface area contributed by atoms with Gasteiger partial charge in [0.25, 0.3) is 0 Å². The van der Waals surface area contributed by atoms with E-state index in [0.29, 0.717) is 51.4 Å². The summed E-state index contributed by atoms with van der Waals surface area (Å²) in [5, 5.41) is 14.5. The van der Waals surface area contributed by atoms with Crippen molar-refractivity contribution in [3.8, 4) is 0 Å². The number of ether oxygens (including phenoxy) is 4. The van der Waals surface area contributed by atoms with Crippen molar-refractivity contribution in [2.75, 3.05) is 0 Å². The number of carbonyl (C=O) groups excluding carboxylic acids is 4. The van der Waals surface area contributed by atoms with Crippen molar-refractivity contribution in [2.24, 2.45) is 11.8 Å². The van der Waals surface area contributed by atoms with Crippen LogP contribution in [0.1, 0.15) is 175 Å². The van der Waals surface area contributed by atoms with Crippen LogP contribution in [0, 0.1) is 11.8 Å². The molecule has 4 aliphatic heterocycles. The second-order valence-electron chi connectivity index (χ2n) is 23.2. The largest absolute Gasteiger partial charge is 0.462 e. The summed E-state index contributed by atoms with van der Waals surface area (Å²) >= 11 is 0. The first-order valence-electron chi connectivity index (χ1n) is 21.1. The summed E-state index contributed by atoms with van der Waals surface area (Å²) < 4.78 is 24.8. The van der Waals surface area contributed by atoms with E-state index in [0.717, 1.165) is 0 Å². The third kappa shape index (κ3) is 13.9. The molecule has 0 bridgehead atoms. The van der Waals surface area contributed by atoms with Gasteiger partial charge in [-0.3, -0.25) is 19.2 Å². The van der Waals surface area contributed by atoms with E-state index in [1.54, 1.807) is 0 Å². The highest BCUT2D eigenvalue weighted by atomic mass is 16.6. The average molecular weight is 791 g/mol. The molecule has 2 atom stereocenters. The van der Waals surface area contributed by atoms with Gasteiger partial charge >= 0.3 is 23.9 Å². The van der Waals surface area contributed by atoms with E-state index < -0.39 is 73.0 Å². The lowest BCUT2D eigenvalue weighted by molar-refractivity contribution is -0.178. The molecule has 322 valence electrons. The molecule has 0 amide bonds. The molecule has 0 spiro atoms. The Morgan fingerprint density at radius 2 is 0.554 bits per heavy atom. The van der Waals surface area contributed by atoms with Crippen molar-refractivity contribution in [3.05, 3.63) is 0 Å². The molecular weight excluding hydrogens is 713 g/mol. The fourth-order valence-corrected chi connectivity index (χ4v) is 11.4. The summed E-state index contributed by atoms with van der Waals surface area (Å²) in [6.07, 6.45) is 1.83. The zero-order chi connectivity index (χ0) is 42.5. The van der Waals surface area contributed by atoms with Gasteiger partial charge in [0.05, 0.1) is 24.7 Å². The van der Waals surface area contributed by atoms with Crippen molar-refractivity contribution in [1.29, 1.82) is 0 Å². The molecule has 12 nitrogen and oxygen atoms in total. The van der Waals surface area contributed by atoms with Crippen LogP contribution in [0.25, 0.3) is 0 Å². The average Bonchev–Trinajstić information content (AvgIpc) is 2.87. The van der Waals surface area contributed by atoms with Crippen LogP contribution in [-0.4, -0.2) is 92.6 Å². The maximum Gasteiger partial charge on any atom is 0.310 e. The maximum absolute atomic E-state index is 14.6. The molecule has 0 aromatic carbocycles. The molecule has 4 heterocycles. The molecular formula is C44H78N4O8. The molecule has 0 radical (unpaired) electrons. The van der Waals surface area contributed by atoms with Gasteiger partial charge in [-0.15, -0.1) is 0 Å². The zero-order valence-corrected chi connectivity index (χ0v) is 37.8. The number of hydrogen-bond donors (Lipinski definition) is 4. The Morgan fingerprint density at radius 1 is 0.375 bits per heavy atom. The first-order chi connectivity index (χ1) is 25.1. The summed E-state index contributed by atoms with van der Waals surface area (Å²) in [5.74, 6) is -5.33. The molecule has 4 saturated heterocycles. The SMILES string of the molecule is CC1(C)CC(OC(=O)CC(C(=O)OC2CC(C)(C)NC(C)(C)C2)C(CC(=O)OC2CC(C)(C)NC(C)(C)C2)C(=O)OC2CC(C)(C)NC(C)(C)C2)CC(C)(C)N1. The number of hydrogen-bond acceptors (Lipinski definition) is 12. The number of rotatable bonds is 11. The smallest absolute Gasteiger partial charge is 0.310 e. The van der Waals surface area contributed by atoms with Crippen LogP contribution in [0.5, 0.6) is 0 Å². The molecule has 4 N–H and O–H groups in total. The lowest BCUT2D eigenvalue weighted by atomic mass is 9.80. The lowest BCUT2D eigenvalue weighted by Crippen LogP contribution is -2.60. The molecule has 56 heavy (non-hydrogen) atoms. The van der Waals surface area contributed by atoms with E-state index in [9.17, 15) is 19.2 Å². The maximum atomic E-state index is 14.6. The fraction of sp³-hybridized carbons (Fsp3) is 0.909. The third-order valence-electron chi connectivity index (χ3n) is 11.6. The Hall–Kier alpha value is -2.28. The summed E-state index contributed by atoms with van der Waals surface area (Å²) in [5.41, 5.74) is -2.47. The van der Waals surface area contributed by atoms with E-state index in [1.165, 1.54) is 0 Å². The van der Waals surface area contributed by atoms with Gasteiger partial charge in [-0.1, -0.05) is 0 Å². The van der Waals surface area contributed by atoms with Crippen molar-refractivity contribution in [2.45, 2.75) is 244 Å². The fourth-order valence-electron chi connectivity index (χ4n) is 11.4. The predicted molar refractivity (Wildman–Crippen MR) is 218 cm³/mol. The zero-order valence-electron chi connectivity index (χ0n) is 37.8. The van der Waals surface area contributed by atoms with Crippen LogP contribution in [0.4, 0.5) is 0 Å². The Labute approximate surface area is 338 Å². The highest BCUT2D eigenvalue weighted by Crippen LogP contribution is 2.37. The molecule has 4 rings (SSSR count). The van der Waals surface area contributed by atoms with Crippen LogP contribution in [0.2, 0.25) is 0 Å². The second-order valence-corrected chi connectivity index (χ2v) is 23.2. The summed E-state index contributed by atoms with van der Waals surface area (Å²) in [6.45, 7) is 33.1. The minimum Gasteiger partial charge on any atom is -0.462 e. The molecule has 4 aliphatic rings. The predicted octanol–water partition coefficient (Wildman–Crippen LogP) is 6.41. The van der Waals surface area contributed by atoms with Gasteiger partial charge in [0.15, 0.2) is 0 Å². The summed E-state index contributed by atoms with van der Waals surface area (Å²) in [7, 11) is 0. The standard InChI is InChI=1S/C44H78N4O8/c1-37(2)19-27(20-38(3,4)45-37)53-33(49)17-31(35(51)55-29-23-41(9,10)47-42(11,12)24-29)32(36(52)56-30-25-43(13,14)48-44(15,16)26-30)18-34(50)54-28-21-39(5,6)46-40(7,8)22-28/h27-32,45-48H,17-26H2,1-16H3. The van der Waals surface area contributed by atoms with Crippen molar-refractivity contribution < 1.29 is 38.1 Å². The quantitative estimate of drug-likeness (QED) is 0.135. The number of nitrogens with one attached hydrogen (secondary N) is 4. The molecule has 12 heteroatoms. The molecule has 4 fully saturated rings. The van der Waals surface area contributed by atoms with E-state index in [2.05, 4.69) is 132 Å². The summed E-state index contributed by atoms with van der Waals surface area (Å²) in [4.78, 5) is 57.3.